The van der Waals surface area contributed by atoms with Crippen LogP contribution in [-0.2, 0) is 56.7 Å². The molecule has 0 spiro atoms. The van der Waals surface area contributed by atoms with Gasteiger partial charge in [-0.25, -0.2) is 28.0 Å². The average Bonchev–Trinajstić information content (AvgIpc) is 3.85. The van der Waals surface area contributed by atoms with Gasteiger partial charge in [-0.15, -0.1) is 0 Å². The van der Waals surface area contributed by atoms with Crippen molar-refractivity contribution in [1.82, 2.24) is 24.6 Å². The first kappa shape index (κ1) is 44.8. The maximum atomic E-state index is 16.0. The van der Waals surface area contributed by atoms with Crippen molar-refractivity contribution in [1.29, 1.82) is 0 Å². The Morgan fingerprint density at radius 1 is 0.934 bits per heavy atom. The summed E-state index contributed by atoms with van der Waals surface area (Å²) in [4.78, 5) is 41.1. The number of carbonyl (C=O) groups excluding carboxylic acids is 3. The maximum absolute atomic E-state index is 16.0. The molecular weight excluding hydrogens is 795 g/mol. The molecule has 2 aromatic heterocycles. The molecular formula is C46H53F4N5O6. The Bertz CT molecular complexity index is 2460. The fraction of sp³-hybridized carbons (Fsp3) is 0.435. The molecule has 5 aromatic rings. The zero-order valence-electron chi connectivity index (χ0n) is 36.2. The zero-order chi connectivity index (χ0) is 44.8. The number of aromatic nitrogens is 3. The Hall–Kier alpha value is -5.70. The molecule has 326 valence electrons. The molecule has 3 heterocycles. The minimum Gasteiger partial charge on any atom is -0.444 e. The Balaban J connectivity index is 1.37. The lowest BCUT2D eigenvalue weighted by Crippen LogP contribution is -2.47. The Morgan fingerprint density at radius 2 is 1.61 bits per heavy atom. The quantitative estimate of drug-likeness (QED) is 0.0794. The van der Waals surface area contributed by atoms with E-state index in [0.29, 0.717) is 48.1 Å². The van der Waals surface area contributed by atoms with Crippen LogP contribution in [0, 0.1) is 18.7 Å². The van der Waals surface area contributed by atoms with Crippen molar-refractivity contribution >= 4 is 29.1 Å². The van der Waals surface area contributed by atoms with E-state index in [-0.39, 0.29) is 5.52 Å². The highest BCUT2D eigenvalue weighted by Crippen LogP contribution is 2.47. The number of aryl methyl sites for hydroxylation is 3. The first-order chi connectivity index (χ1) is 28.6. The van der Waals surface area contributed by atoms with Gasteiger partial charge in [-0.3, -0.25) is 4.90 Å². The number of carbonyl (C=O) groups is 3. The van der Waals surface area contributed by atoms with Crippen LogP contribution in [0.2, 0.25) is 0 Å². The fourth-order valence-electron chi connectivity index (χ4n) is 7.87. The summed E-state index contributed by atoms with van der Waals surface area (Å²) in [5.74, 6) is -1.95. The highest BCUT2D eigenvalue weighted by Gasteiger charge is 2.44. The van der Waals surface area contributed by atoms with E-state index in [4.69, 9.17) is 19.3 Å². The van der Waals surface area contributed by atoms with E-state index in [1.807, 2.05) is 36.7 Å². The number of alkyl carbamates (subject to hydrolysis) is 1. The SMILES string of the molecule is CCc1cccc(CC)c1-n1nc2c(c1-c1ccc(F)c3c1ccn3C(=O)OCOC(=O)[C@@H](NC(=O)OC(C)(C)C)C(C)C)CN(Cc1ccc(C(F)(F)F)cc1C)C2(C)C. The smallest absolute Gasteiger partial charge is 0.421 e. The molecule has 1 aliphatic rings. The van der Waals surface area contributed by atoms with Crippen molar-refractivity contribution in [3.05, 3.63) is 106 Å². The second-order valence-electron chi connectivity index (χ2n) is 17.2. The van der Waals surface area contributed by atoms with Crippen LogP contribution in [0.1, 0.15) is 101 Å². The van der Waals surface area contributed by atoms with Gasteiger partial charge in [-0.05, 0) is 113 Å². The van der Waals surface area contributed by atoms with Gasteiger partial charge < -0.3 is 19.5 Å². The number of esters is 1. The number of amides is 1. The van der Waals surface area contributed by atoms with Crippen LogP contribution in [0.25, 0.3) is 27.8 Å². The van der Waals surface area contributed by atoms with Gasteiger partial charge in [0.15, 0.2) is 0 Å². The molecule has 1 N–H and O–H groups in total. The number of para-hydroxylation sites is 1. The van der Waals surface area contributed by atoms with Gasteiger partial charge in [0.05, 0.1) is 33.7 Å². The van der Waals surface area contributed by atoms with Crippen molar-refractivity contribution in [3.8, 4) is 16.9 Å². The van der Waals surface area contributed by atoms with E-state index in [1.54, 1.807) is 53.7 Å². The number of ether oxygens (including phenoxy) is 3. The van der Waals surface area contributed by atoms with Gasteiger partial charge in [-0.2, -0.15) is 18.3 Å². The molecule has 0 saturated heterocycles. The van der Waals surface area contributed by atoms with Crippen LogP contribution < -0.4 is 5.32 Å². The third-order valence-corrected chi connectivity index (χ3v) is 11.1. The van der Waals surface area contributed by atoms with Crippen LogP contribution in [0.3, 0.4) is 0 Å². The topological polar surface area (TPSA) is 117 Å². The summed E-state index contributed by atoms with van der Waals surface area (Å²) in [5, 5.41) is 8.19. The van der Waals surface area contributed by atoms with Gasteiger partial charge in [0, 0.05) is 35.8 Å². The number of nitrogens with one attached hydrogen (secondary N) is 1. The lowest BCUT2D eigenvalue weighted by atomic mass is 9.96. The second kappa shape index (κ2) is 17.0. The first-order valence-corrected chi connectivity index (χ1v) is 20.4. The normalized spacial score (nSPS) is 14.6. The molecule has 0 fully saturated rings. The van der Waals surface area contributed by atoms with E-state index < -0.39 is 65.6 Å². The predicted octanol–water partition coefficient (Wildman–Crippen LogP) is 10.4. The molecule has 0 unspecified atom stereocenters. The number of hydrogen-bond donors (Lipinski definition) is 1. The molecule has 1 amide bonds. The highest BCUT2D eigenvalue weighted by molar-refractivity contribution is 6.00. The van der Waals surface area contributed by atoms with E-state index >= 15 is 4.39 Å². The van der Waals surface area contributed by atoms with Crippen LogP contribution in [0.4, 0.5) is 27.2 Å². The molecule has 61 heavy (non-hydrogen) atoms. The van der Waals surface area contributed by atoms with Gasteiger partial charge in [0.2, 0.25) is 6.79 Å². The highest BCUT2D eigenvalue weighted by atomic mass is 19.4. The standard InChI is InChI=1S/C46H53F4N5O6/c1-11-28-14-13-15-29(12-2)37(28)55-38(34-24-53(45(9,10)40(34)52-55)23-30-16-17-31(22-27(30)5)46(48,49)50)32-18-19-35(47)39-33(32)20-21-54(39)43(58)60-25-59-41(56)36(26(3)4)51-42(57)61-44(6,7)8/h13-22,26,36H,11-12,23-25H2,1-10H3,(H,51,57)/t36-/m0/s1. The number of nitrogens with zero attached hydrogens (tertiary/aromatic N) is 4. The van der Waals surface area contributed by atoms with Crippen LogP contribution in [0.5, 0.6) is 0 Å². The lowest BCUT2D eigenvalue weighted by Gasteiger charge is -2.32. The summed E-state index contributed by atoms with van der Waals surface area (Å²) in [6.07, 6.45) is -3.49. The Labute approximate surface area is 352 Å². The third kappa shape index (κ3) is 9.02. The largest absolute Gasteiger partial charge is 0.444 e. The molecule has 15 heteroatoms. The van der Waals surface area contributed by atoms with E-state index in [2.05, 4.69) is 24.1 Å². The summed E-state index contributed by atoms with van der Waals surface area (Å²) in [7, 11) is 0. The molecule has 11 nitrogen and oxygen atoms in total. The van der Waals surface area contributed by atoms with Gasteiger partial charge in [0.25, 0.3) is 0 Å². The molecule has 1 aliphatic heterocycles. The van der Waals surface area contributed by atoms with Gasteiger partial charge >= 0.3 is 24.3 Å². The molecule has 0 bridgehead atoms. The van der Waals surface area contributed by atoms with Crippen molar-refractivity contribution in [3.63, 3.8) is 0 Å². The van der Waals surface area contributed by atoms with E-state index in [1.165, 1.54) is 24.4 Å². The van der Waals surface area contributed by atoms with Crippen molar-refractivity contribution in [2.75, 3.05) is 6.79 Å². The molecule has 0 aliphatic carbocycles. The van der Waals surface area contributed by atoms with Crippen LogP contribution in [-0.4, -0.2) is 55.8 Å². The van der Waals surface area contributed by atoms with Gasteiger partial charge in [0.1, 0.15) is 17.5 Å². The molecule has 0 radical (unpaired) electrons. The van der Waals surface area contributed by atoms with Gasteiger partial charge in [-0.1, -0.05) is 52.0 Å². The summed E-state index contributed by atoms with van der Waals surface area (Å²) >= 11 is 0. The number of halogens is 4. The van der Waals surface area contributed by atoms with Crippen molar-refractivity contribution < 1.29 is 46.2 Å². The molecule has 3 aromatic carbocycles. The zero-order valence-corrected chi connectivity index (χ0v) is 36.2. The summed E-state index contributed by atoms with van der Waals surface area (Å²) in [6, 6.07) is 13.3. The Kier molecular flexibility index (Phi) is 12.5. The third-order valence-electron chi connectivity index (χ3n) is 11.1. The monoisotopic (exact) mass is 847 g/mol. The number of fused-ring (bicyclic) bond motifs is 2. The number of alkyl halides is 3. The maximum Gasteiger partial charge on any atom is 0.421 e. The summed E-state index contributed by atoms with van der Waals surface area (Å²) in [6.45, 7) is 18.2. The minimum absolute atomic E-state index is 0.0732. The van der Waals surface area contributed by atoms with E-state index in [0.717, 1.165) is 44.3 Å². The average molecular weight is 848 g/mol. The lowest BCUT2D eigenvalue weighted by molar-refractivity contribution is -0.155. The molecule has 0 saturated carbocycles. The molecule has 1 atom stereocenters. The second-order valence-corrected chi connectivity index (χ2v) is 17.2. The Morgan fingerprint density at radius 3 is 2.20 bits per heavy atom. The van der Waals surface area contributed by atoms with Crippen molar-refractivity contribution in [2.24, 2.45) is 5.92 Å². The number of rotatable bonds is 11. The fourth-order valence-corrected chi connectivity index (χ4v) is 7.87. The predicted molar refractivity (Wildman–Crippen MR) is 222 cm³/mol. The summed E-state index contributed by atoms with van der Waals surface area (Å²) < 4.78 is 75.3. The molecule has 6 rings (SSSR count). The number of hydrogen-bond acceptors (Lipinski definition) is 8. The van der Waals surface area contributed by atoms with Crippen LogP contribution in [0.15, 0.2) is 60.8 Å². The van der Waals surface area contributed by atoms with Crippen molar-refractivity contribution in [2.45, 2.75) is 119 Å². The first-order valence-electron chi connectivity index (χ1n) is 20.4. The van der Waals surface area contributed by atoms with Crippen LogP contribution >= 0.6 is 0 Å². The summed E-state index contributed by atoms with van der Waals surface area (Å²) in [5.41, 5.74) is 4.90. The number of benzene rings is 3. The van der Waals surface area contributed by atoms with E-state index in [9.17, 15) is 27.6 Å². The minimum atomic E-state index is -4.46.